The molecule has 1 N–H and O–H groups in total. The van der Waals surface area contributed by atoms with E-state index in [1.165, 1.54) is 0 Å². The van der Waals surface area contributed by atoms with Crippen LogP contribution in [0.2, 0.25) is 0 Å². The van der Waals surface area contributed by atoms with Gasteiger partial charge in [-0.3, -0.25) is 0 Å². The van der Waals surface area contributed by atoms with Crippen LogP contribution in [0.4, 0.5) is 0 Å². The fourth-order valence-corrected chi connectivity index (χ4v) is 4.42. The molecule has 0 saturated carbocycles. The van der Waals surface area contributed by atoms with Crippen molar-refractivity contribution in [2.24, 2.45) is 5.92 Å². The number of alkyl halides is 1. The van der Waals surface area contributed by atoms with Crippen LogP contribution in [0.5, 0.6) is 0 Å². The van der Waals surface area contributed by atoms with Gasteiger partial charge < -0.3 is 0 Å². The van der Waals surface area contributed by atoms with Crippen LogP contribution in [0.15, 0.2) is 0 Å². The Kier molecular flexibility index (Phi) is 6.45. The molecule has 0 aromatic heterocycles. The third-order valence-corrected chi connectivity index (χ3v) is 5.88. The van der Waals surface area contributed by atoms with Crippen LogP contribution in [-0.4, -0.2) is 46.0 Å². The average Bonchev–Trinajstić information content (AvgIpc) is 2.12. The molecule has 0 aromatic carbocycles. The Morgan fingerprint density at radius 1 is 1.12 bits per heavy atom. The van der Waals surface area contributed by atoms with Crippen molar-refractivity contribution in [3.05, 3.63) is 0 Å². The summed E-state index contributed by atoms with van der Waals surface area (Å²) in [5.74, 6) is -0.587. The second-order valence-corrected chi connectivity index (χ2v) is 8.77. The van der Waals surface area contributed by atoms with Crippen molar-refractivity contribution in [1.29, 1.82) is 0 Å². The van der Waals surface area contributed by atoms with E-state index in [0.717, 1.165) is 6.26 Å². The maximum absolute atomic E-state index is 11.5. The molecule has 0 saturated heterocycles. The largest absolute Gasteiger partial charge is 0.229 e. The molecule has 8 heteroatoms. The Morgan fingerprint density at radius 2 is 1.62 bits per heavy atom. The lowest BCUT2D eigenvalue weighted by Crippen LogP contribution is -2.40. The summed E-state index contributed by atoms with van der Waals surface area (Å²) in [4.78, 5) is 0. The maximum Gasteiger partial charge on any atom is 0.212 e. The third kappa shape index (κ3) is 7.59. The highest BCUT2D eigenvalue weighted by Crippen LogP contribution is 2.07. The molecule has 5 nitrogen and oxygen atoms in total. The third-order valence-electron chi connectivity index (χ3n) is 2.19. The molecular formula is C8H18BrNO4S2. The standard InChI is InChI=1S/C8H18BrNO4S2/c1-7(6-9)8(2)10-16(13,14)5-4-15(3,11)12/h7-8,10H,4-6H2,1-3H3. The topological polar surface area (TPSA) is 80.3 Å². The van der Waals surface area contributed by atoms with Crippen molar-refractivity contribution < 1.29 is 16.8 Å². The molecule has 2 unspecified atom stereocenters. The molecule has 0 aliphatic rings. The Morgan fingerprint density at radius 3 is 2.00 bits per heavy atom. The van der Waals surface area contributed by atoms with E-state index in [-0.39, 0.29) is 23.5 Å². The van der Waals surface area contributed by atoms with Gasteiger partial charge in [0.2, 0.25) is 10.0 Å². The molecule has 0 spiro atoms. The summed E-state index contributed by atoms with van der Waals surface area (Å²) in [6, 6.07) is -0.219. The number of nitrogens with one attached hydrogen (secondary N) is 1. The second kappa shape index (κ2) is 6.32. The summed E-state index contributed by atoms with van der Waals surface area (Å²) in [5, 5.41) is 0.683. The van der Waals surface area contributed by atoms with Crippen LogP contribution < -0.4 is 4.72 Å². The monoisotopic (exact) mass is 335 g/mol. The Hall–Kier alpha value is 0.340. The lowest BCUT2D eigenvalue weighted by molar-refractivity contribution is 0.484. The van der Waals surface area contributed by atoms with Crippen LogP contribution >= 0.6 is 15.9 Å². The van der Waals surface area contributed by atoms with E-state index in [1.54, 1.807) is 6.92 Å². The van der Waals surface area contributed by atoms with Crippen LogP contribution in [-0.2, 0) is 19.9 Å². The summed E-state index contributed by atoms with van der Waals surface area (Å²) >= 11 is 3.26. The first-order valence-corrected chi connectivity index (χ1v) is 9.64. The summed E-state index contributed by atoms with van der Waals surface area (Å²) in [7, 11) is -6.77. The van der Waals surface area contributed by atoms with E-state index in [4.69, 9.17) is 0 Å². The van der Waals surface area contributed by atoms with Gasteiger partial charge in [-0.15, -0.1) is 0 Å². The van der Waals surface area contributed by atoms with Gasteiger partial charge in [0.1, 0.15) is 9.84 Å². The summed E-state index contributed by atoms with van der Waals surface area (Å²) in [6.07, 6.45) is 1.02. The lowest BCUT2D eigenvalue weighted by atomic mass is 10.1. The van der Waals surface area contributed by atoms with Gasteiger partial charge in [-0.25, -0.2) is 21.6 Å². The maximum atomic E-state index is 11.5. The highest BCUT2D eigenvalue weighted by molar-refractivity contribution is 9.09. The molecule has 0 heterocycles. The van der Waals surface area contributed by atoms with Crippen LogP contribution in [0.25, 0.3) is 0 Å². The Bertz CT molecular complexity index is 404. The van der Waals surface area contributed by atoms with Gasteiger partial charge in [0, 0.05) is 17.6 Å². The highest BCUT2D eigenvalue weighted by Gasteiger charge is 2.20. The predicted molar refractivity (Wildman–Crippen MR) is 69.1 cm³/mol. The first kappa shape index (κ1) is 16.3. The van der Waals surface area contributed by atoms with Gasteiger partial charge in [0.15, 0.2) is 0 Å². The number of rotatable bonds is 7. The Labute approximate surface area is 106 Å². The quantitative estimate of drug-likeness (QED) is 0.681. The molecule has 0 aromatic rings. The first-order valence-electron chi connectivity index (χ1n) is 4.81. The van der Waals surface area contributed by atoms with Crippen LogP contribution in [0.3, 0.4) is 0 Å². The van der Waals surface area contributed by atoms with Crippen LogP contribution in [0.1, 0.15) is 13.8 Å². The van der Waals surface area contributed by atoms with Crippen LogP contribution in [0, 0.1) is 5.92 Å². The van der Waals surface area contributed by atoms with Gasteiger partial charge in [0.05, 0.1) is 11.5 Å². The second-order valence-electron chi connectivity index (χ2n) is 3.99. The Balaban J connectivity index is 4.37. The number of sulfonamides is 1. The van der Waals surface area contributed by atoms with E-state index < -0.39 is 19.9 Å². The molecule has 0 bridgehead atoms. The fourth-order valence-electron chi connectivity index (χ4n) is 0.853. The molecule has 98 valence electrons. The van der Waals surface area contributed by atoms with E-state index in [2.05, 4.69) is 20.7 Å². The summed E-state index contributed by atoms with van der Waals surface area (Å²) in [5.41, 5.74) is 0. The molecule has 0 aliphatic carbocycles. The zero-order chi connectivity index (χ0) is 13.0. The number of hydrogen-bond donors (Lipinski definition) is 1. The normalized spacial score (nSPS) is 17.0. The van der Waals surface area contributed by atoms with Crippen molar-refractivity contribution in [3.8, 4) is 0 Å². The zero-order valence-corrected chi connectivity index (χ0v) is 12.8. The van der Waals surface area contributed by atoms with Gasteiger partial charge in [0.25, 0.3) is 0 Å². The first-order chi connectivity index (χ1) is 7.07. The van der Waals surface area contributed by atoms with Crippen molar-refractivity contribution in [2.75, 3.05) is 23.1 Å². The van der Waals surface area contributed by atoms with Crippen molar-refractivity contribution in [1.82, 2.24) is 4.72 Å². The van der Waals surface area contributed by atoms with Crippen molar-refractivity contribution >= 4 is 35.8 Å². The minimum absolute atomic E-state index is 0.146. The molecule has 0 radical (unpaired) electrons. The zero-order valence-electron chi connectivity index (χ0n) is 9.60. The minimum Gasteiger partial charge on any atom is -0.229 e. The van der Waals surface area contributed by atoms with E-state index in [0.29, 0.717) is 5.33 Å². The minimum atomic E-state index is -3.52. The van der Waals surface area contributed by atoms with E-state index in [1.807, 2.05) is 6.92 Å². The van der Waals surface area contributed by atoms with Crippen molar-refractivity contribution in [3.63, 3.8) is 0 Å². The lowest BCUT2D eigenvalue weighted by Gasteiger charge is -2.18. The SMILES string of the molecule is CC(CBr)C(C)NS(=O)(=O)CCS(C)(=O)=O. The van der Waals surface area contributed by atoms with Gasteiger partial charge >= 0.3 is 0 Å². The average molecular weight is 336 g/mol. The highest BCUT2D eigenvalue weighted by atomic mass is 79.9. The number of sulfone groups is 1. The van der Waals surface area contributed by atoms with Gasteiger partial charge in [-0.1, -0.05) is 22.9 Å². The smallest absolute Gasteiger partial charge is 0.212 e. The summed E-state index contributed by atoms with van der Waals surface area (Å²) in [6.45, 7) is 3.66. The number of halogens is 1. The van der Waals surface area contributed by atoms with Gasteiger partial charge in [-0.05, 0) is 12.8 Å². The molecule has 0 aliphatic heterocycles. The molecule has 0 rings (SSSR count). The molecular weight excluding hydrogens is 318 g/mol. The predicted octanol–water partition coefficient (Wildman–Crippen LogP) is 0.370. The van der Waals surface area contributed by atoms with E-state index in [9.17, 15) is 16.8 Å². The summed E-state index contributed by atoms with van der Waals surface area (Å²) < 4.78 is 47.2. The van der Waals surface area contributed by atoms with E-state index >= 15 is 0 Å². The van der Waals surface area contributed by atoms with Crippen molar-refractivity contribution in [2.45, 2.75) is 19.9 Å². The molecule has 0 fully saturated rings. The number of hydrogen-bond acceptors (Lipinski definition) is 4. The molecule has 0 amide bonds. The fraction of sp³-hybridized carbons (Fsp3) is 1.00. The molecule has 2 atom stereocenters. The van der Waals surface area contributed by atoms with Gasteiger partial charge in [-0.2, -0.15) is 0 Å². The molecule has 16 heavy (non-hydrogen) atoms.